The van der Waals surface area contributed by atoms with Crippen LogP contribution in [-0.4, -0.2) is 30.9 Å². The second kappa shape index (κ2) is 6.38. The van der Waals surface area contributed by atoms with Crippen molar-refractivity contribution in [2.45, 2.75) is 13.1 Å². The molecule has 1 N–H and O–H groups in total. The molecule has 0 saturated carbocycles. The van der Waals surface area contributed by atoms with E-state index < -0.39 is 6.16 Å². The Morgan fingerprint density at radius 3 is 3.00 bits per heavy atom. The maximum Gasteiger partial charge on any atom is 0.508 e. The first kappa shape index (κ1) is 15.5. The molecule has 2 heterocycles. The molecule has 0 saturated heterocycles. The van der Waals surface area contributed by atoms with Crippen molar-refractivity contribution in [2.75, 3.05) is 13.7 Å². The topological polar surface area (TPSA) is 50.8 Å². The minimum absolute atomic E-state index is 0.00958. The Kier molecular flexibility index (Phi) is 4.30. The van der Waals surface area contributed by atoms with E-state index in [0.29, 0.717) is 5.02 Å². The number of allylic oxidation sites excluding steroid dienone is 1. The summed E-state index contributed by atoms with van der Waals surface area (Å²) in [6.45, 7) is 2.16. The molecule has 0 aliphatic carbocycles. The summed E-state index contributed by atoms with van der Waals surface area (Å²) in [7, 11) is 1.29. The zero-order valence-corrected chi connectivity index (χ0v) is 13.6. The van der Waals surface area contributed by atoms with Crippen LogP contribution in [0.15, 0.2) is 54.0 Å². The molecule has 0 spiro atoms. The molecule has 0 amide bonds. The lowest BCUT2D eigenvalue weighted by atomic mass is 9.97. The molecule has 5 nitrogen and oxygen atoms in total. The SMILES string of the molecule is COC(=O)OCC1=CN2C(C)=CNC2C(c2cccc(Cl)c2)=C1. The third-order valence-electron chi connectivity index (χ3n) is 3.76. The number of carbonyl (C=O) groups is 1. The predicted octanol–water partition coefficient (Wildman–Crippen LogP) is 3.50. The van der Waals surface area contributed by atoms with E-state index in [4.69, 9.17) is 16.3 Å². The second-order valence-corrected chi connectivity index (χ2v) is 5.76. The number of nitrogens with zero attached hydrogens (tertiary/aromatic N) is 1. The van der Waals surface area contributed by atoms with Crippen LogP contribution in [0.1, 0.15) is 12.5 Å². The number of hydrogen-bond donors (Lipinski definition) is 1. The smallest absolute Gasteiger partial charge is 0.438 e. The Hall–Kier alpha value is -2.40. The molecule has 0 radical (unpaired) electrons. The summed E-state index contributed by atoms with van der Waals surface area (Å²) in [6.07, 6.45) is 5.25. The molecular formula is C17H17ClN2O3. The van der Waals surface area contributed by atoms with Gasteiger partial charge in [0.05, 0.1) is 7.11 Å². The number of methoxy groups -OCH3 is 1. The summed E-state index contributed by atoms with van der Waals surface area (Å²) in [5, 5.41) is 4.03. The van der Waals surface area contributed by atoms with Crippen molar-refractivity contribution in [1.82, 2.24) is 10.2 Å². The highest BCUT2D eigenvalue weighted by Gasteiger charge is 2.30. The lowest BCUT2D eigenvalue weighted by Gasteiger charge is -2.31. The number of benzene rings is 1. The van der Waals surface area contributed by atoms with E-state index in [1.165, 1.54) is 7.11 Å². The van der Waals surface area contributed by atoms with E-state index in [1.807, 2.05) is 49.7 Å². The van der Waals surface area contributed by atoms with Gasteiger partial charge in [0.2, 0.25) is 0 Å². The van der Waals surface area contributed by atoms with Gasteiger partial charge in [-0.3, -0.25) is 0 Å². The van der Waals surface area contributed by atoms with Crippen LogP contribution < -0.4 is 5.32 Å². The van der Waals surface area contributed by atoms with Crippen LogP contribution in [0.2, 0.25) is 5.02 Å². The number of ether oxygens (including phenoxy) is 2. The summed E-state index contributed by atoms with van der Waals surface area (Å²) < 4.78 is 9.57. The van der Waals surface area contributed by atoms with Gasteiger partial charge < -0.3 is 19.7 Å². The van der Waals surface area contributed by atoms with Crippen molar-refractivity contribution < 1.29 is 14.3 Å². The van der Waals surface area contributed by atoms with Crippen LogP contribution in [0.5, 0.6) is 0 Å². The van der Waals surface area contributed by atoms with Gasteiger partial charge in [0.15, 0.2) is 0 Å². The molecule has 0 fully saturated rings. The fourth-order valence-corrected chi connectivity index (χ4v) is 2.85. The van der Waals surface area contributed by atoms with Gasteiger partial charge in [0.25, 0.3) is 0 Å². The van der Waals surface area contributed by atoms with Crippen LogP contribution in [0.25, 0.3) is 5.57 Å². The minimum Gasteiger partial charge on any atom is -0.438 e. The second-order valence-electron chi connectivity index (χ2n) is 5.32. The summed E-state index contributed by atoms with van der Waals surface area (Å²) >= 11 is 6.12. The fourth-order valence-electron chi connectivity index (χ4n) is 2.66. The van der Waals surface area contributed by atoms with Gasteiger partial charge in [0, 0.05) is 34.3 Å². The van der Waals surface area contributed by atoms with Crippen LogP contribution in [0.4, 0.5) is 4.79 Å². The van der Waals surface area contributed by atoms with Gasteiger partial charge in [-0.15, -0.1) is 0 Å². The van der Waals surface area contributed by atoms with Crippen molar-refractivity contribution in [3.63, 3.8) is 0 Å². The highest BCUT2D eigenvalue weighted by molar-refractivity contribution is 6.30. The first-order chi connectivity index (χ1) is 11.1. The van der Waals surface area contributed by atoms with Gasteiger partial charge in [0.1, 0.15) is 12.8 Å². The Morgan fingerprint density at radius 2 is 2.26 bits per heavy atom. The number of fused-ring (bicyclic) bond motifs is 1. The number of carbonyl (C=O) groups excluding carboxylic acids is 1. The maximum absolute atomic E-state index is 11.2. The summed E-state index contributed by atoms with van der Waals surface area (Å²) in [4.78, 5) is 13.3. The standard InChI is InChI=1S/C17H17ClN2O3/c1-11-8-19-16-15(13-4-3-5-14(18)7-13)6-12(9-20(11)16)10-23-17(21)22-2/h3-9,16,19H,10H2,1-2H3. The van der Waals surface area contributed by atoms with E-state index in [0.717, 1.165) is 22.4 Å². The molecule has 2 aliphatic heterocycles. The average Bonchev–Trinajstić information content (AvgIpc) is 2.93. The summed E-state index contributed by atoms with van der Waals surface area (Å²) in [5.74, 6) is 0. The highest BCUT2D eigenvalue weighted by Crippen LogP contribution is 2.33. The number of nitrogens with one attached hydrogen (secondary N) is 1. The molecule has 1 unspecified atom stereocenters. The van der Waals surface area contributed by atoms with Crippen LogP contribution in [0, 0.1) is 0 Å². The quantitative estimate of drug-likeness (QED) is 0.859. The molecule has 3 rings (SSSR count). The van der Waals surface area contributed by atoms with Gasteiger partial charge >= 0.3 is 6.16 Å². The predicted molar refractivity (Wildman–Crippen MR) is 88.4 cm³/mol. The number of rotatable bonds is 3. The van der Waals surface area contributed by atoms with Gasteiger partial charge in [-0.1, -0.05) is 23.7 Å². The van der Waals surface area contributed by atoms with Gasteiger partial charge in [-0.05, 0) is 30.7 Å². The number of hydrogen-bond acceptors (Lipinski definition) is 5. The highest BCUT2D eigenvalue weighted by atomic mass is 35.5. The van der Waals surface area contributed by atoms with E-state index in [2.05, 4.69) is 15.0 Å². The van der Waals surface area contributed by atoms with Gasteiger partial charge in [-0.2, -0.15) is 0 Å². The maximum atomic E-state index is 11.2. The Bertz CT molecular complexity index is 724. The summed E-state index contributed by atoms with van der Waals surface area (Å²) in [6, 6.07) is 7.69. The van der Waals surface area contributed by atoms with Crippen LogP contribution >= 0.6 is 11.6 Å². The molecule has 1 aromatic rings. The Labute approximate surface area is 139 Å². The molecule has 120 valence electrons. The molecule has 0 bridgehead atoms. The Morgan fingerprint density at radius 1 is 1.43 bits per heavy atom. The van der Waals surface area contributed by atoms with Crippen molar-refractivity contribution in [1.29, 1.82) is 0 Å². The molecule has 1 atom stereocenters. The third kappa shape index (κ3) is 3.19. The normalized spacial score (nSPS) is 19.2. The first-order valence-electron chi connectivity index (χ1n) is 7.18. The molecule has 6 heteroatoms. The van der Waals surface area contributed by atoms with Crippen molar-refractivity contribution in [2.24, 2.45) is 0 Å². The monoisotopic (exact) mass is 332 g/mol. The summed E-state index contributed by atoms with van der Waals surface area (Å²) in [5.41, 5.74) is 4.04. The lowest BCUT2D eigenvalue weighted by molar-refractivity contribution is 0.0801. The number of halogens is 1. The molecule has 1 aromatic carbocycles. The minimum atomic E-state index is -0.697. The zero-order valence-electron chi connectivity index (χ0n) is 12.9. The van der Waals surface area contributed by atoms with Crippen molar-refractivity contribution >= 4 is 23.3 Å². The third-order valence-corrected chi connectivity index (χ3v) is 3.99. The van der Waals surface area contributed by atoms with E-state index in [9.17, 15) is 4.79 Å². The lowest BCUT2D eigenvalue weighted by Crippen LogP contribution is -2.36. The molecule has 2 aliphatic rings. The fraction of sp³-hybridized carbons (Fsp3) is 0.235. The van der Waals surface area contributed by atoms with Gasteiger partial charge in [-0.25, -0.2) is 4.79 Å². The Balaban J connectivity index is 1.91. The van der Waals surface area contributed by atoms with E-state index in [1.54, 1.807) is 0 Å². The van der Waals surface area contributed by atoms with Crippen LogP contribution in [0.3, 0.4) is 0 Å². The largest absolute Gasteiger partial charge is 0.508 e. The zero-order chi connectivity index (χ0) is 16.4. The molecular weight excluding hydrogens is 316 g/mol. The molecule has 23 heavy (non-hydrogen) atoms. The van der Waals surface area contributed by atoms with Crippen molar-refractivity contribution in [3.05, 3.63) is 64.6 Å². The van der Waals surface area contributed by atoms with E-state index in [-0.39, 0.29) is 12.8 Å². The first-order valence-corrected chi connectivity index (χ1v) is 7.56. The molecule has 0 aromatic heterocycles. The van der Waals surface area contributed by atoms with Crippen molar-refractivity contribution in [3.8, 4) is 0 Å². The van der Waals surface area contributed by atoms with Crippen LogP contribution in [-0.2, 0) is 9.47 Å². The van der Waals surface area contributed by atoms with E-state index >= 15 is 0 Å². The average molecular weight is 333 g/mol.